The average molecular weight is 289 g/mol. The van der Waals surface area contributed by atoms with E-state index in [9.17, 15) is 0 Å². The van der Waals surface area contributed by atoms with Gasteiger partial charge in [0.05, 0.1) is 6.04 Å². The number of likely N-dealkylation sites (N-methyl/N-ethyl adjacent to an activating group) is 2. The van der Waals surface area contributed by atoms with E-state index in [2.05, 4.69) is 62.3 Å². The fourth-order valence-electron chi connectivity index (χ4n) is 4.06. The molecule has 118 valence electrons. The number of rotatable bonds is 5. The van der Waals surface area contributed by atoms with E-state index < -0.39 is 0 Å². The van der Waals surface area contributed by atoms with E-state index >= 15 is 0 Å². The van der Waals surface area contributed by atoms with Crippen LogP contribution in [0.1, 0.15) is 56.7 Å². The number of hydrogen-bond donors (Lipinski definition) is 1. The molecule has 2 rings (SSSR count). The van der Waals surface area contributed by atoms with E-state index in [-0.39, 0.29) is 5.54 Å². The van der Waals surface area contributed by atoms with Crippen molar-refractivity contribution in [1.82, 2.24) is 15.2 Å². The van der Waals surface area contributed by atoms with Crippen molar-refractivity contribution in [2.75, 3.05) is 20.6 Å². The van der Waals surface area contributed by atoms with E-state index in [0.717, 1.165) is 12.5 Å². The molecule has 1 aliphatic rings. The van der Waals surface area contributed by atoms with Crippen LogP contribution in [0.5, 0.6) is 0 Å². The van der Waals surface area contributed by atoms with E-state index in [4.69, 9.17) is 0 Å². The largest absolute Gasteiger partial charge is 0.309 e. The first-order chi connectivity index (χ1) is 10.0. The van der Waals surface area contributed by atoms with Crippen molar-refractivity contribution in [2.24, 2.45) is 5.92 Å². The molecule has 3 unspecified atom stereocenters. The van der Waals surface area contributed by atoms with Crippen LogP contribution < -0.4 is 5.32 Å². The first kappa shape index (κ1) is 16.4. The number of nitrogens with zero attached hydrogens (tertiary/aromatic N) is 2. The molecule has 1 saturated carbocycles. The van der Waals surface area contributed by atoms with Gasteiger partial charge in [0.25, 0.3) is 0 Å². The Bertz CT molecular complexity index is 458. The molecule has 1 heterocycles. The highest BCUT2D eigenvalue weighted by molar-refractivity contribution is 5.29. The quantitative estimate of drug-likeness (QED) is 0.898. The van der Waals surface area contributed by atoms with Crippen LogP contribution in [-0.2, 0) is 0 Å². The zero-order valence-electron chi connectivity index (χ0n) is 14.3. The molecule has 1 aromatic rings. The highest BCUT2D eigenvalue weighted by Gasteiger charge is 2.44. The van der Waals surface area contributed by atoms with Gasteiger partial charge in [-0.2, -0.15) is 0 Å². The molecule has 0 aromatic carbocycles. The third kappa shape index (κ3) is 3.29. The second-order valence-corrected chi connectivity index (χ2v) is 6.92. The second-order valence-electron chi connectivity index (χ2n) is 6.92. The minimum atomic E-state index is 0.196. The van der Waals surface area contributed by atoms with E-state index in [1.165, 1.54) is 36.8 Å². The fraction of sp³-hybridized carbons (Fsp3) is 0.722. The first-order valence-electron chi connectivity index (χ1n) is 8.32. The number of aromatic nitrogens is 1. The Morgan fingerprint density at radius 1 is 1.48 bits per heavy atom. The molecule has 3 atom stereocenters. The van der Waals surface area contributed by atoms with Gasteiger partial charge >= 0.3 is 0 Å². The van der Waals surface area contributed by atoms with Crippen molar-refractivity contribution in [2.45, 2.75) is 58.0 Å². The topological polar surface area (TPSA) is 28.2 Å². The van der Waals surface area contributed by atoms with Gasteiger partial charge in [-0.05, 0) is 63.5 Å². The summed E-state index contributed by atoms with van der Waals surface area (Å²) in [6.07, 6.45) is 9.16. The normalized spacial score (nSPS) is 27.8. The van der Waals surface area contributed by atoms with E-state index in [0.29, 0.717) is 6.04 Å². The Hall–Kier alpha value is -0.930. The highest BCUT2D eigenvalue weighted by atomic mass is 15.2. The Morgan fingerprint density at radius 2 is 2.24 bits per heavy atom. The van der Waals surface area contributed by atoms with Crippen molar-refractivity contribution in [1.29, 1.82) is 0 Å². The number of nitrogens with one attached hydrogen (secondary N) is 1. The van der Waals surface area contributed by atoms with Gasteiger partial charge in [0, 0.05) is 17.9 Å². The predicted octanol–water partition coefficient (Wildman–Crippen LogP) is 3.55. The summed E-state index contributed by atoms with van der Waals surface area (Å²) in [5.41, 5.74) is 2.90. The molecule has 1 aromatic heterocycles. The van der Waals surface area contributed by atoms with Crippen LogP contribution >= 0.6 is 0 Å². The monoisotopic (exact) mass is 289 g/mol. The van der Waals surface area contributed by atoms with Gasteiger partial charge in [-0.25, -0.2) is 0 Å². The molecule has 1 fully saturated rings. The van der Waals surface area contributed by atoms with Crippen LogP contribution in [0, 0.1) is 12.8 Å². The van der Waals surface area contributed by atoms with Crippen LogP contribution in [0.25, 0.3) is 0 Å². The van der Waals surface area contributed by atoms with Crippen LogP contribution in [0.2, 0.25) is 0 Å². The van der Waals surface area contributed by atoms with Gasteiger partial charge < -0.3 is 10.2 Å². The Labute approximate surface area is 130 Å². The van der Waals surface area contributed by atoms with Gasteiger partial charge in [0.2, 0.25) is 0 Å². The highest BCUT2D eigenvalue weighted by Crippen LogP contribution is 2.44. The summed E-state index contributed by atoms with van der Waals surface area (Å²) in [6, 6.07) is 2.49. The lowest BCUT2D eigenvalue weighted by molar-refractivity contribution is 0.0369. The molecule has 21 heavy (non-hydrogen) atoms. The Morgan fingerprint density at radius 3 is 2.81 bits per heavy atom. The maximum atomic E-state index is 4.39. The molecular weight excluding hydrogens is 258 g/mol. The van der Waals surface area contributed by atoms with Crippen molar-refractivity contribution in [3.63, 3.8) is 0 Å². The number of aryl methyl sites for hydroxylation is 1. The third-order valence-corrected chi connectivity index (χ3v) is 5.24. The van der Waals surface area contributed by atoms with Crippen molar-refractivity contribution in [3.8, 4) is 0 Å². The summed E-state index contributed by atoms with van der Waals surface area (Å²) >= 11 is 0. The molecule has 3 nitrogen and oxygen atoms in total. The fourth-order valence-corrected chi connectivity index (χ4v) is 4.06. The van der Waals surface area contributed by atoms with Gasteiger partial charge in [0.15, 0.2) is 0 Å². The van der Waals surface area contributed by atoms with Crippen molar-refractivity contribution >= 4 is 0 Å². The minimum absolute atomic E-state index is 0.196. The van der Waals surface area contributed by atoms with Gasteiger partial charge in [-0.1, -0.05) is 26.7 Å². The van der Waals surface area contributed by atoms with E-state index in [1.807, 2.05) is 6.20 Å². The minimum Gasteiger partial charge on any atom is -0.309 e. The molecule has 0 aliphatic heterocycles. The lowest BCUT2D eigenvalue weighted by Crippen LogP contribution is -2.56. The van der Waals surface area contributed by atoms with E-state index in [1.54, 1.807) is 0 Å². The molecular formula is C18H31N3. The second kappa shape index (κ2) is 6.89. The predicted molar refractivity (Wildman–Crippen MR) is 89.4 cm³/mol. The molecule has 0 amide bonds. The molecule has 0 saturated heterocycles. The van der Waals surface area contributed by atoms with Crippen LogP contribution in [0.4, 0.5) is 0 Å². The van der Waals surface area contributed by atoms with Gasteiger partial charge in [-0.15, -0.1) is 0 Å². The third-order valence-electron chi connectivity index (χ3n) is 5.24. The van der Waals surface area contributed by atoms with Crippen LogP contribution in [0.15, 0.2) is 18.5 Å². The molecule has 3 heteroatoms. The lowest BCUT2D eigenvalue weighted by atomic mass is 9.69. The van der Waals surface area contributed by atoms with Crippen LogP contribution in [0.3, 0.4) is 0 Å². The summed E-state index contributed by atoms with van der Waals surface area (Å²) in [4.78, 5) is 6.86. The summed E-state index contributed by atoms with van der Waals surface area (Å²) < 4.78 is 0. The molecule has 0 radical (unpaired) electrons. The number of pyridine rings is 1. The van der Waals surface area contributed by atoms with Crippen molar-refractivity contribution in [3.05, 3.63) is 29.6 Å². The summed E-state index contributed by atoms with van der Waals surface area (Å²) in [5.74, 6) is 0.791. The zero-order valence-corrected chi connectivity index (χ0v) is 14.3. The Balaban J connectivity index is 2.44. The zero-order chi connectivity index (χ0) is 15.5. The smallest absolute Gasteiger partial charge is 0.0524 e. The molecule has 0 bridgehead atoms. The maximum absolute atomic E-state index is 4.39. The summed E-state index contributed by atoms with van der Waals surface area (Å²) in [7, 11) is 4.49. The van der Waals surface area contributed by atoms with Gasteiger partial charge in [0.1, 0.15) is 0 Å². The maximum Gasteiger partial charge on any atom is 0.0524 e. The number of hydrogen-bond acceptors (Lipinski definition) is 3. The van der Waals surface area contributed by atoms with Crippen LogP contribution in [-0.4, -0.2) is 36.1 Å². The molecule has 1 aliphatic carbocycles. The molecule has 0 spiro atoms. The summed E-state index contributed by atoms with van der Waals surface area (Å²) in [5, 5.41) is 3.77. The molecule has 1 N–H and O–H groups in total. The summed E-state index contributed by atoms with van der Waals surface area (Å²) in [6.45, 7) is 7.80. The average Bonchev–Trinajstić information content (AvgIpc) is 2.45. The lowest BCUT2D eigenvalue weighted by Gasteiger charge is -2.50. The SMILES string of the molecule is CCNC(c1cnccc1C)C1(N(C)C)CCCC(C)C1. The Kier molecular flexibility index (Phi) is 5.39. The first-order valence-corrected chi connectivity index (χ1v) is 8.32. The standard InChI is InChI=1S/C18H31N3/c1-6-20-17(16-13-19-11-9-15(16)3)18(21(4)5)10-7-8-14(2)12-18/h9,11,13-14,17,20H,6-8,10,12H2,1-5H3. The van der Waals surface area contributed by atoms with Crippen molar-refractivity contribution < 1.29 is 0 Å². The van der Waals surface area contributed by atoms with Gasteiger partial charge in [-0.3, -0.25) is 4.98 Å².